The molecule has 0 atom stereocenters. The van der Waals surface area contributed by atoms with Gasteiger partial charge in [0, 0.05) is 39.3 Å². The van der Waals surface area contributed by atoms with Crippen LogP contribution in [0.25, 0.3) is 55.4 Å². The minimum Gasteiger partial charge on any atom is -0.477 e. The Labute approximate surface area is 214 Å². The van der Waals surface area contributed by atoms with E-state index in [1.54, 1.807) is 6.07 Å². The lowest BCUT2D eigenvalue weighted by molar-refractivity contribution is -0.132. The molecule has 0 unspecified atom stereocenters. The normalized spacial score (nSPS) is 12.1. The van der Waals surface area contributed by atoms with E-state index < -0.39 is 5.97 Å². The third-order valence-electron chi connectivity index (χ3n) is 7.11. The summed E-state index contributed by atoms with van der Waals surface area (Å²) in [6.45, 7) is 3.03. The molecule has 0 radical (unpaired) electrons. The third kappa shape index (κ3) is 3.66. The third-order valence-corrected chi connectivity index (χ3v) is 7.11. The van der Waals surface area contributed by atoms with Gasteiger partial charge >= 0.3 is 5.97 Å². The van der Waals surface area contributed by atoms with Crippen molar-refractivity contribution in [1.82, 2.24) is 9.13 Å². The zero-order valence-electron chi connectivity index (χ0n) is 20.5. The average molecular weight is 484 g/mol. The SMILES string of the molecule is CCCCn1c2cc(/C=C(/C#N)C(=O)O)ccc2c2ccc(-n3c4ccccc4c4ccccc43)cc21. The van der Waals surface area contributed by atoms with Gasteiger partial charge in [-0.05, 0) is 48.4 Å². The van der Waals surface area contributed by atoms with Crippen molar-refractivity contribution in [3.63, 3.8) is 0 Å². The van der Waals surface area contributed by atoms with Crippen LogP contribution in [0.4, 0.5) is 0 Å². The molecule has 37 heavy (non-hydrogen) atoms. The first kappa shape index (κ1) is 22.6. The molecule has 180 valence electrons. The molecule has 0 aliphatic carbocycles. The molecule has 0 saturated heterocycles. The van der Waals surface area contributed by atoms with E-state index in [2.05, 4.69) is 82.8 Å². The summed E-state index contributed by atoms with van der Waals surface area (Å²) in [6.07, 6.45) is 3.52. The van der Waals surface area contributed by atoms with Crippen LogP contribution in [-0.4, -0.2) is 20.2 Å². The monoisotopic (exact) mass is 483 g/mol. The molecule has 0 aliphatic heterocycles. The smallest absolute Gasteiger partial charge is 0.346 e. The molecule has 0 saturated carbocycles. The maximum atomic E-state index is 11.4. The van der Waals surface area contributed by atoms with Crippen LogP contribution in [0.2, 0.25) is 0 Å². The van der Waals surface area contributed by atoms with Gasteiger partial charge in [0.05, 0.1) is 16.6 Å². The van der Waals surface area contributed by atoms with Gasteiger partial charge in [-0.25, -0.2) is 4.79 Å². The lowest BCUT2D eigenvalue weighted by Gasteiger charge is -2.11. The summed E-state index contributed by atoms with van der Waals surface area (Å²) < 4.78 is 4.65. The van der Waals surface area contributed by atoms with Gasteiger partial charge in [-0.3, -0.25) is 0 Å². The van der Waals surface area contributed by atoms with Gasteiger partial charge in [-0.2, -0.15) is 5.26 Å². The fraction of sp³-hybridized carbons (Fsp3) is 0.125. The maximum Gasteiger partial charge on any atom is 0.346 e. The van der Waals surface area contributed by atoms with Crippen LogP contribution >= 0.6 is 0 Å². The predicted octanol–water partition coefficient (Wildman–Crippen LogP) is 7.68. The largest absolute Gasteiger partial charge is 0.477 e. The Hall–Kier alpha value is -4.82. The molecule has 0 amide bonds. The van der Waals surface area contributed by atoms with E-state index in [0.717, 1.165) is 46.9 Å². The van der Waals surface area contributed by atoms with E-state index in [-0.39, 0.29) is 5.57 Å². The number of aliphatic carboxylic acids is 1. The minimum absolute atomic E-state index is 0.274. The molecular formula is C32H25N3O2. The summed E-state index contributed by atoms with van der Waals surface area (Å²) in [6, 6.07) is 31.3. The number of nitrogens with zero attached hydrogens (tertiary/aromatic N) is 3. The molecule has 6 rings (SSSR count). The second-order valence-corrected chi connectivity index (χ2v) is 9.33. The fourth-order valence-corrected chi connectivity index (χ4v) is 5.40. The van der Waals surface area contributed by atoms with Crippen molar-refractivity contribution >= 4 is 55.7 Å². The summed E-state index contributed by atoms with van der Waals surface area (Å²) in [7, 11) is 0. The molecule has 0 bridgehead atoms. The molecule has 5 nitrogen and oxygen atoms in total. The van der Waals surface area contributed by atoms with Crippen molar-refractivity contribution < 1.29 is 9.90 Å². The number of unbranched alkanes of at least 4 members (excludes halogenated alkanes) is 1. The number of fused-ring (bicyclic) bond motifs is 6. The Morgan fingerprint density at radius 3 is 2.05 bits per heavy atom. The molecule has 2 heterocycles. The number of hydrogen-bond donors (Lipinski definition) is 1. The quantitative estimate of drug-likeness (QED) is 0.195. The topological polar surface area (TPSA) is 70.9 Å². The van der Waals surface area contributed by atoms with Crippen molar-refractivity contribution in [1.29, 1.82) is 5.26 Å². The van der Waals surface area contributed by atoms with E-state index in [0.29, 0.717) is 5.56 Å². The number of carboxylic acid groups (broad SMARTS) is 1. The van der Waals surface area contributed by atoms with E-state index in [4.69, 9.17) is 0 Å². The summed E-state index contributed by atoms with van der Waals surface area (Å²) in [5, 5.41) is 23.3. The molecule has 2 aromatic heterocycles. The maximum absolute atomic E-state index is 11.4. The van der Waals surface area contributed by atoms with Crippen LogP contribution in [0, 0.1) is 11.3 Å². The Morgan fingerprint density at radius 1 is 0.838 bits per heavy atom. The molecule has 4 aromatic carbocycles. The summed E-state index contributed by atoms with van der Waals surface area (Å²) in [5.41, 5.74) is 6.05. The predicted molar refractivity (Wildman–Crippen MR) is 150 cm³/mol. The van der Waals surface area contributed by atoms with Crippen molar-refractivity contribution in [2.45, 2.75) is 26.3 Å². The number of nitriles is 1. The molecule has 5 heteroatoms. The highest BCUT2D eigenvalue weighted by molar-refractivity contribution is 6.11. The van der Waals surface area contributed by atoms with Crippen LogP contribution in [0.1, 0.15) is 25.3 Å². The van der Waals surface area contributed by atoms with E-state index in [1.807, 2.05) is 18.2 Å². The van der Waals surface area contributed by atoms with Gasteiger partial charge in [0.25, 0.3) is 0 Å². The Kier molecular flexibility index (Phi) is 5.50. The van der Waals surface area contributed by atoms with Crippen LogP contribution in [0.3, 0.4) is 0 Å². The molecule has 0 fully saturated rings. The number of benzene rings is 4. The van der Waals surface area contributed by atoms with Gasteiger partial charge in [-0.15, -0.1) is 0 Å². The highest BCUT2D eigenvalue weighted by atomic mass is 16.4. The van der Waals surface area contributed by atoms with Gasteiger partial charge in [0.1, 0.15) is 11.6 Å². The highest BCUT2D eigenvalue weighted by Crippen LogP contribution is 2.36. The Balaban J connectivity index is 1.62. The van der Waals surface area contributed by atoms with E-state index in [1.165, 1.54) is 27.9 Å². The van der Waals surface area contributed by atoms with Crippen molar-refractivity contribution in [3.8, 4) is 11.8 Å². The number of aryl methyl sites for hydroxylation is 1. The van der Waals surface area contributed by atoms with Crippen LogP contribution < -0.4 is 0 Å². The van der Waals surface area contributed by atoms with Gasteiger partial charge in [-0.1, -0.05) is 67.9 Å². The number of carbonyl (C=O) groups is 1. The molecule has 0 aliphatic rings. The first-order valence-corrected chi connectivity index (χ1v) is 12.5. The van der Waals surface area contributed by atoms with E-state index >= 15 is 0 Å². The number of para-hydroxylation sites is 2. The zero-order valence-corrected chi connectivity index (χ0v) is 20.5. The van der Waals surface area contributed by atoms with Crippen LogP contribution in [0.15, 0.2) is 90.5 Å². The van der Waals surface area contributed by atoms with Crippen LogP contribution in [0.5, 0.6) is 0 Å². The van der Waals surface area contributed by atoms with Crippen LogP contribution in [-0.2, 0) is 11.3 Å². The number of hydrogen-bond acceptors (Lipinski definition) is 2. The molecule has 0 spiro atoms. The first-order chi connectivity index (χ1) is 18.1. The van der Waals surface area contributed by atoms with Gasteiger partial charge < -0.3 is 14.2 Å². The highest BCUT2D eigenvalue weighted by Gasteiger charge is 2.16. The lowest BCUT2D eigenvalue weighted by Crippen LogP contribution is -1.99. The van der Waals surface area contributed by atoms with Gasteiger partial charge in [0.15, 0.2) is 0 Å². The van der Waals surface area contributed by atoms with Gasteiger partial charge in [0.2, 0.25) is 0 Å². The summed E-state index contributed by atoms with van der Waals surface area (Å²) in [5.74, 6) is -1.22. The van der Waals surface area contributed by atoms with E-state index in [9.17, 15) is 15.2 Å². The number of rotatable bonds is 6. The first-order valence-electron chi connectivity index (χ1n) is 12.5. The number of carboxylic acids is 1. The lowest BCUT2D eigenvalue weighted by atomic mass is 10.1. The number of aromatic nitrogens is 2. The second-order valence-electron chi connectivity index (χ2n) is 9.33. The van der Waals surface area contributed by atoms with Crippen molar-refractivity contribution in [2.24, 2.45) is 0 Å². The molecule has 6 aromatic rings. The standard InChI is InChI=1S/C32H25N3O2/c1-2-3-16-34-30-18-21(17-22(20-33)32(36)37)12-14-26(30)27-15-13-23(19-31(27)34)35-28-10-6-4-8-24(28)25-9-5-7-11-29(25)35/h4-15,17-19H,2-3,16H2,1H3,(H,36,37)/b22-17-. The zero-order chi connectivity index (χ0) is 25.5. The van der Waals surface area contributed by atoms with Crippen molar-refractivity contribution in [2.75, 3.05) is 0 Å². The Bertz CT molecular complexity index is 1860. The van der Waals surface area contributed by atoms with Crippen molar-refractivity contribution in [3.05, 3.63) is 96.1 Å². The molecule has 1 N–H and O–H groups in total. The average Bonchev–Trinajstić information content (AvgIpc) is 3.42. The fourth-order valence-electron chi connectivity index (χ4n) is 5.40. The molecular weight excluding hydrogens is 458 g/mol. The summed E-state index contributed by atoms with van der Waals surface area (Å²) in [4.78, 5) is 11.4. The Morgan fingerprint density at radius 2 is 1.43 bits per heavy atom. The minimum atomic E-state index is -1.22. The summed E-state index contributed by atoms with van der Waals surface area (Å²) >= 11 is 0. The second kappa shape index (κ2) is 9.00.